The number of nitrogens with zero attached hydrogens (tertiary/aromatic N) is 3. The third-order valence-corrected chi connectivity index (χ3v) is 3.58. The molecule has 0 aliphatic carbocycles. The lowest BCUT2D eigenvalue weighted by Gasteiger charge is -2.17. The van der Waals surface area contributed by atoms with Gasteiger partial charge in [-0.05, 0) is 31.4 Å². The van der Waals surface area contributed by atoms with Gasteiger partial charge in [0, 0.05) is 0 Å². The number of rotatable bonds is 5. The lowest BCUT2D eigenvalue weighted by molar-refractivity contribution is 0.0698. The number of hydrogen-bond acceptors (Lipinski definition) is 3. The molecule has 1 heterocycles. The highest BCUT2D eigenvalue weighted by atomic mass is 16.4. The second-order valence-electron chi connectivity index (χ2n) is 5.11. The SMILES string of the molecule is CCC(C)CC(C)n1nnc2cccc(C(=O)O)c21. The van der Waals surface area contributed by atoms with Crippen molar-refractivity contribution in [2.45, 2.75) is 39.7 Å². The Morgan fingerprint density at radius 2 is 2.16 bits per heavy atom. The molecule has 1 N–H and O–H groups in total. The average Bonchev–Trinajstić information content (AvgIpc) is 2.81. The molecule has 2 rings (SSSR count). The summed E-state index contributed by atoms with van der Waals surface area (Å²) in [6, 6.07) is 5.23. The fraction of sp³-hybridized carbons (Fsp3) is 0.500. The van der Waals surface area contributed by atoms with Gasteiger partial charge in [0.2, 0.25) is 0 Å². The van der Waals surface area contributed by atoms with Crippen molar-refractivity contribution >= 4 is 17.0 Å². The summed E-state index contributed by atoms with van der Waals surface area (Å²) in [6.07, 6.45) is 2.06. The number of carboxylic acids is 1. The van der Waals surface area contributed by atoms with E-state index in [-0.39, 0.29) is 11.6 Å². The van der Waals surface area contributed by atoms with Crippen molar-refractivity contribution in [2.75, 3.05) is 0 Å². The van der Waals surface area contributed by atoms with Gasteiger partial charge in [-0.1, -0.05) is 31.5 Å². The fourth-order valence-corrected chi connectivity index (χ4v) is 2.32. The first-order valence-corrected chi connectivity index (χ1v) is 6.61. The fourth-order valence-electron chi connectivity index (χ4n) is 2.32. The van der Waals surface area contributed by atoms with E-state index in [2.05, 4.69) is 31.1 Å². The van der Waals surface area contributed by atoms with Crippen molar-refractivity contribution < 1.29 is 9.90 Å². The zero-order chi connectivity index (χ0) is 14.0. The molecule has 5 heteroatoms. The molecule has 0 amide bonds. The molecule has 2 unspecified atom stereocenters. The van der Waals surface area contributed by atoms with Gasteiger partial charge < -0.3 is 5.11 Å². The summed E-state index contributed by atoms with van der Waals surface area (Å²) in [5, 5.41) is 17.5. The maximum Gasteiger partial charge on any atom is 0.337 e. The highest BCUT2D eigenvalue weighted by Gasteiger charge is 2.18. The number of aromatic carboxylic acids is 1. The van der Waals surface area contributed by atoms with E-state index >= 15 is 0 Å². The number of aromatic nitrogens is 3. The molecular weight excluding hydrogens is 242 g/mol. The monoisotopic (exact) mass is 261 g/mol. The van der Waals surface area contributed by atoms with Gasteiger partial charge in [-0.15, -0.1) is 5.10 Å². The van der Waals surface area contributed by atoms with Crippen LogP contribution in [-0.2, 0) is 0 Å². The highest BCUT2D eigenvalue weighted by molar-refractivity contribution is 6.00. The summed E-state index contributed by atoms with van der Waals surface area (Å²) >= 11 is 0. The summed E-state index contributed by atoms with van der Waals surface area (Å²) in [5.74, 6) is -0.365. The quantitative estimate of drug-likeness (QED) is 0.897. The van der Waals surface area contributed by atoms with Crippen LogP contribution in [0.4, 0.5) is 0 Å². The van der Waals surface area contributed by atoms with Crippen molar-refractivity contribution in [1.82, 2.24) is 15.0 Å². The van der Waals surface area contributed by atoms with Crippen LogP contribution in [0.25, 0.3) is 11.0 Å². The van der Waals surface area contributed by atoms with Gasteiger partial charge in [-0.3, -0.25) is 0 Å². The molecule has 0 fully saturated rings. The largest absolute Gasteiger partial charge is 0.478 e. The number of carbonyl (C=O) groups is 1. The van der Waals surface area contributed by atoms with E-state index in [1.54, 1.807) is 22.9 Å². The average molecular weight is 261 g/mol. The van der Waals surface area contributed by atoms with Gasteiger partial charge in [0.05, 0.1) is 11.6 Å². The smallest absolute Gasteiger partial charge is 0.337 e. The molecule has 5 nitrogen and oxygen atoms in total. The van der Waals surface area contributed by atoms with Gasteiger partial charge >= 0.3 is 5.97 Å². The van der Waals surface area contributed by atoms with Crippen molar-refractivity contribution in [3.05, 3.63) is 23.8 Å². The summed E-state index contributed by atoms with van der Waals surface area (Å²) < 4.78 is 1.74. The second-order valence-corrected chi connectivity index (χ2v) is 5.11. The van der Waals surface area contributed by atoms with Crippen LogP contribution in [0.15, 0.2) is 18.2 Å². The molecule has 2 atom stereocenters. The molecule has 0 spiro atoms. The van der Waals surface area contributed by atoms with E-state index < -0.39 is 5.97 Å². The van der Waals surface area contributed by atoms with Crippen molar-refractivity contribution in [3.63, 3.8) is 0 Å². The number of fused-ring (bicyclic) bond motifs is 1. The molecule has 0 saturated carbocycles. The number of hydrogen-bond donors (Lipinski definition) is 1. The Labute approximate surface area is 112 Å². The molecule has 1 aromatic carbocycles. The topological polar surface area (TPSA) is 68.0 Å². The van der Waals surface area contributed by atoms with Crippen LogP contribution in [0.3, 0.4) is 0 Å². The van der Waals surface area contributed by atoms with Crippen LogP contribution in [0.5, 0.6) is 0 Å². The summed E-state index contributed by atoms with van der Waals surface area (Å²) in [7, 11) is 0. The molecule has 2 aromatic rings. The minimum atomic E-state index is -0.940. The second kappa shape index (κ2) is 5.38. The summed E-state index contributed by atoms with van der Waals surface area (Å²) in [4.78, 5) is 11.3. The Balaban J connectivity index is 2.46. The van der Waals surface area contributed by atoms with Gasteiger partial charge in [0.25, 0.3) is 0 Å². The molecule has 0 saturated heterocycles. The van der Waals surface area contributed by atoms with E-state index in [1.165, 1.54) is 0 Å². The van der Waals surface area contributed by atoms with E-state index in [4.69, 9.17) is 0 Å². The number of carboxylic acid groups (broad SMARTS) is 1. The molecular formula is C14H19N3O2. The summed E-state index contributed by atoms with van der Waals surface area (Å²) in [5.41, 5.74) is 1.51. The molecule has 102 valence electrons. The normalized spacial score (nSPS) is 14.5. The predicted octanol–water partition coefficient (Wildman–Crippen LogP) is 3.13. The van der Waals surface area contributed by atoms with Crippen LogP contribution < -0.4 is 0 Å². The van der Waals surface area contributed by atoms with Gasteiger partial charge in [0.1, 0.15) is 11.0 Å². The van der Waals surface area contributed by atoms with Gasteiger partial charge in [-0.25, -0.2) is 9.48 Å². The molecule has 0 aliphatic heterocycles. The van der Waals surface area contributed by atoms with E-state index in [9.17, 15) is 9.90 Å². The lowest BCUT2D eigenvalue weighted by Crippen LogP contribution is -2.12. The third-order valence-electron chi connectivity index (χ3n) is 3.58. The Kier molecular flexibility index (Phi) is 3.83. The van der Waals surface area contributed by atoms with Crippen LogP contribution in [-0.4, -0.2) is 26.1 Å². The lowest BCUT2D eigenvalue weighted by atomic mass is 10.0. The van der Waals surface area contributed by atoms with E-state index in [0.29, 0.717) is 17.0 Å². The van der Waals surface area contributed by atoms with Gasteiger partial charge in [-0.2, -0.15) is 0 Å². The van der Waals surface area contributed by atoms with Crippen LogP contribution in [0.1, 0.15) is 50.0 Å². The molecule has 19 heavy (non-hydrogen) atoms. The van der Waals surface area contributed by atoms with Crippen LogP contribution in [0.2, 0.25) is 0 Å². The van der Waals surface area contributed by atoms with Crippen molar-refractivity contribution in [3.8, 4) is 0 Å². The molecule has 0 aliphatic rings. The first-order valence-electron chi connectivity index (χ1n) is 6.61. The zero-order valence-corrected chi connectivity index (χ0v) is 11.5. The number of benzene rings is 1. The summed E-state index contributed by atoms with van der Waals surface area (Å²) in [6.45, 7) is 6.39. The van der Waals surface area contributed by atoms with E-state index in [0.717, 1.165) is 12.8 Å². The zero-order valence-electron chi connectivity index (χ0n) is 11.5. The predicted molar refractivity (Wildman–Crippen MR) is 73.3 cm³/mol. The van der Waals surface area contributed by atoms with Crippen LogP contribution >= 0.6 is 0 Å². The Hall–Kier alpha value is -1.91. The molecule has 0 bridgehead atoms. The maximum atomic E-state index is 11.3. The number of para-hydroxylation sites is 1. The third kappa shape index (κ3) is 2.59. The maximum absolute atomic E-state index is 11.3. The molecule has 0 radical (unpaired) electrons. The van der Waals surface area contributed by atoms with Crippen molar-refractivity contribution in [2.24, 2.45) is 5.92 Å². The van der Waals surface area contributed by atoms with Gasteiger partial charge in [0.15, 0.2) is 0 Å². The van der Waals surface area contributed by atoms with Crippen molar-refractivity contribution in [1.29, 1.82) is 0 Å². The Bertz CT molecular complexity index is 591. The Morgan fingerprint density at radius 1 is 1.42 bits per heavy atom. The standard InChI is InChI=1S/C14H19N3O2/c1-4-9(2)8-10(3)17-13-11(14(18)19)6-5-7-12(13)15-16-17/h5-7,9-10H,4,8H2,1-3H3,(H,18,19). The Morgan fingerprint density at radius 3 is 2.79 bits per heavy atom. The van der Waals surface area contributed by atoms with E-state index in [1.807, 2.05) is 0 Å². The minimum Gasteiger partial charge on any atom is -0.478 e. The first kappa shape index (κ1) is 13.5. The minimum absolute atomic E-state index is 0.139. The molecule has 1 aromatic heterocycles. The first-order chi connectivity index (χ1) is 9.04. The van der Waals surface area contributed by atoms with Crippen LogP contribution in [0, 0.1) is 5.92 Å². The highest BCUT2D eigenvalue weighted by Crippen LogP contribution is 2.24.